The fourth-order valence-electron chi connectivity index (χ4n) is 2.28. The molecule has 0 aliphatic heterocycles. The van der Waals surface area contributed by atoms with Crippen molar-refractivity contribution in [3.8, 4) is 11.1 Å². The van der Waals surface area contributed by atoms with E-state index in [0.717, 1.165) is 41.0 Å². The summed E-state index contributed by atoms with van der Waals surface area (Å²) in [4.78, 5) is 10.5. The van der Waals surface area contributed by atoms with Crippen LogP contribution < -0.4 is 0 Å². The van der Waals surface area contributed by atoms with Crippen molar-refractivity contribution in [2.45, 2.75) is 33.6 Å². The molecule has 0 bridgehead atoms. The lowest BCUT2D eigenvalue weighted by molar-refractivity contribution is -0.384. The third-order valence-corrected chi connectivity index (χ3v) is 3.12. The third kappa shape index (κ3) is 2.99. The Hall–Kier alpha value is -1.88. The predicted molar refractivity (Wildman–Crippen MR) is 79.3 cm³/mol. The molecule has 2 aromatic rings. The Morgan fingerprint density at radius 3 is 2.55 bits per heavy atom. The van der Waals surface area contributed by atoms with Gasteiger partial charge in [-0.1, -0.05) is 18.5 Å². The minimum atomic E-state index is -0.365. The van der Waals surface area contributed by atoms with Crippen molar-refractivity contribution in [3.05, 3.63) is 45.3 Å². The number of nitrogens with zero attached hydrogens (tertiary/aromatic N) is 2. The zero-order valence-corrected chi connectivity index (χ0v) is 12.5. The molecule has 2 rings (SSSR count). The minimum absolute atomic E-state index is 0. The van der Waals surface area contributed by atoms with Gasteiger partial charge in [-0.3, -0.25) is 10.1 Å². The van der Waals surface area contributed by atoms with E-state index in [2.05, 4.69) is 12.1 Å². The van der Waals surface area contributed by atoms with E-state index in [4.69, 9.17) is 4.52 Å². The Kier molecular flexibility index (Phi) is 5.27. The highest BCUT2D eigenvalue weighted by atomic mass is 35.5. The van der Waals surface area contributed by atoms with Crippen molar-refractivity contribution in [1.82, 2.24) is 5.16 Å². The summed E-state index contributed by atoms with van der Waals surface area (Å²) in [6.45, 7) is 5.78. The maximum atomic E-state index is 10.9. The van der Waals surface area contributed by atoms with Crippen LogP contribution in [0.5, 0.6) is 0 Å². The maximum Gasteiger partial charge on any atom is 0.269 e. The van der Waals surface area contributed by atoms with Gasteiger partial charge < -0.3 is 4.52 Å². The van der Waals surface area contributed by atoms with Crippen molar-refractivity contribution in [3.63, 3.8) is 0 Å². The molecule has 20 heavy (non-hydrogen) atoms. The van der Waals surface area contributed by atoms with Gasteiger partial charge in [-0.05, 0) is 37.5 Å². The number of halogens is 1. The van der Waals surface area contributed by atoms with E-state index in [0.29, 0.717) is 0 Å². The molecule has 1 heterocycles. The molecular formula is C14H17ClN2O3. The Balaban J connectivity index is 0.00000200. The summed E-state index contributed by atoms with van der Waals surface area (Å²) in [6.07, 6.45) is 1.72. The van der Waals surface area contributed by atoms with Gasteiger partial charge >= 0.3 is 0 Å². The van der Waals surface area contributed by atoms with Gasteiger partial charge in [-0.2, -0.15) is 0 Å². The number of rotatable bonds is 4. The Bertz CT molecular complexity index is 603. The van der Waals surface area contributed by atoms with Gasteiger partial charge in [0.1, 0.15) is 5.76 Å². The van der Waals surface area contributed by atoms with E-state index < -0.39 is 0 Å². The average molecular weight is 297 g/mol. The van der Waals surface area contributed by atoms with Crippen molar-refractivity contribution < 1.29 is 9.45 Å². The van der Waals surface area contributed by atoms with Gasteiger partial charge in [0.05, 0.1) is 10.6 Å². The van der Waals surface area contributed by atoms with E-state index in [9.17, 15) is 10.1 Å². The molecule has 0 N–H and O–H groups in total. The quantitative estimate of drug-likeness (QED) is 0.625. The number of nitro benzene ring substituents is 1. The SMILES string of the molecule is CCCc1cc([N+](=O)[O-])ccc1-c1c(C)noc1C.Cl. The third-order valence-electron chi connectivity index (χ3n) is 3.12. The van der Waals surface area contributed by atoms with Gasteiger partial charge in [0.2, 0.25) is 0 Å². The fraction of sp³-hybridized carbons (Fsp3) is 0.357. The molecule has 5 nitrogen and oxygen atoms in total. The summed E-state index contributed by atoms with van der Waals surface area (Å²) in [7, 11) is 0. The van der Waals surface area contributed by atoms with Crippen LogP contribution in [0, 0.1) is 24.0 Å². The molecular weight excluding hydrogens is 280 g/mol. The van der Waals surface area contributed by atoms with Gasteiger partial charge in [-0.15, -0.1) is 12.4 Å². The number of hydrogen-bond acceptors (Lipinski definition) is 4. The van der Waals surface area contributed by atoms with Crippen LogP contribution in [0.1, 0.15) is 30.4 Å². The standard InChI is InChI=1S/C14H16N2O3.ClH/c1-4-5-11-8-12(16(17)18)6-7-13(11)14-9(2)15-19-10(14)3;/h6-8H,4-5H2,1-3H3;1H. The zero-order valence-electron chi connectivity index (χ0n) is 11.7. The Labute approximate surface area is 123 Å². The summed E-state index contributed by atoms with van der Waals surface area (Å²) in [6, 6.07) is 4.96. The Morgan fingerprint density at radius 2 is 2.05 bits per heavy atom. The highest BCUT2D eigenvalue weighted by molar-refractivity contribution is 5.85. The van der Waals surface area contributed by atoms with Crippen LogP contribution in [0.25, 0.3) is 11.1 Å². The summed E-state index contributed by atoms with van der Waals surface area (Å²) in [5, 5.41) is 14.8. The number of aromatic nitrogens is 1. The van der Waals surface area contributed by atoms with E-state index >= 15 is 0 Å². The topological polar surface area (TPSA) is 69.2 Å². The minimum Gasteiger partial charge on any atom is -0.361 e. The van der Waals surface area contributed by atoms with Crippen LogP contribution in [-0.4, -0.2) is 10.1 Å². The molecule has 0 radical (unpaired) electrons. The summed E-state index contributed by atoms with van der Waals surface area (Å²) >= 11 is 0. The van der Waals surface area contributed by atoms with Gasteiger partial charge in [-0.25, -0.2) is 0 Å². The highest BCUT2D eigenvalue weighted by Gasteiger charge is 2.17. The molecule has 108 valence electrons. The molecule has 0 aliphatic rings. The van der Waals surface area contributed by atoms with Crippen LogP contribution in [-0.2, 0) is 6.42 Å². The van der Waals surface area contributed by atoms with Gasteiger partial charge in [0, 0.05) is 17.7 Å². The number of benzene rings is 1. The molecule has 0 atom stereocenters. The zero-order chi connectivity index (χ0) is 14.0. The van der Waals surface area contributed by atoms with Crippen molar-refractivity contribution in [2.75, 3.05) is 0 Å². The molecule has 0 fully saturated rings. The second kappa shape index (κ2) is 6.52. The lowest BCUT2D eigenvalue weighted by Crippen LogP contribution is -1.95. The number of aryl methyl sites for hydroxylation is 3. The molecule has 1 aromatic carbocycles. The molecule has 0 unspecified atom stereocenters. The van der Waals surface area contributed by atoms with Crippen LogP contribution in [0.2, 0.25) is 0 Å². The monoisotopic (exact) mass is 296 g/mol. The molecule has 0 amide bonds. The van der Waals surface area contributed by atoms with Crippen LogP contribution >= 0.6 is 12.4 Å². The predicted octanol–water partition coefficient (Wildman–Crippen LogP) is 4.24. The van der Waals surface area contributed by atoms with Crippen molar-refractivity contribution in [2.24, 2.45) is 0 Å². The van der Waals surface area contributed by atoms with Crippen molar-refractivity contribution in [1.29, 1.82) is 0 Å². The fourth-order valence-corrected chi connectivity index (χ4v) is 2.28. The van der Waals surface area contributed by atoms with Crippen LogP contribution in [0.3, 0.4) is 0 Å². The smallest absolute Gasteiger partial charge is 0.269 e. The van der Waals surface area contributed by atoms with Gasteiger partial charge in [0.15, 0.2) is 0 Å². The second-order valence-electron chi connectivity index (χ2n) is 4.55. The lowest BCUT2D eigenvalue weighted by Gasteiger charge is -2.08. The lowest BCUT2D eigenvalue weighted by atomic mass is 9.95. The van der Waals surface area contributed by atoms with Crippen LogP contribution in [0.4, 0.5) is 5.69 Å². The number of non-ortho nitro benzene ring substituents is 1. The second-order valence-corrected chi connectivity index (χ2v) is 4.55. The van der Waals surface area contributed by atoms with E-state index in [1.807, 2.05) is 13.8 Å². The van der Waals surface area contributed by atoms with Crippen LogP contribution in [0.15, 0.2) is 22.7 Å². The summed E-state index contributed by atoms with van der Waals surface area (Å²) in [5.41, 5.74) is 3.82. The van der Waals surface area contributed by atoms with Gasteiger partial charge in [0.25, 0.3) is 5.69 Å². The molecule has 0 saturated heterocycles. The van der Waals surface area contributed by atoms with E-state index in [1.54, 1.807) is 12.1 Å². The first kappa shape index (κ1) is 16.2. The highest BCUT2D eigenvalue weighted by Crippen LogP contribution is 2.32. The molecule has 0 aliphatic carbocycles. The average Bonchev–Trinajstić information content (AvgIpc) is 2.70. The van der Waals surface area contributed by atoms with E-state index in [1.165, 1.54) is 6.07 Å². The summed E-state index contributed by atoms with van der Waals surface area (Å²) < 4.78 is 5.18. The Morgan fingerprint density at radius 1 is 1.35 bits per heavy atom. The first-order chi connectivity index (χ1) is 9.04. The first-order valence-electron chi connectivity index (χ1n) is 6.25. The normalized spacial score (nSPS) is 10.2. The number of hydrogen-bond donors (Lipinski definition) is 0. The molecule has 1 aromatic heterocycles. The molecule has 0 saturated carbocycles. The van der Waals surface area contributed by atoms with E-state index in [-0.39, 0.29) is 23.0 Å². The molecule has 0 spiro atoms. The maximum absolute atomic E-state index is 10.9. The molecule has 6 heteroatoms. The summed E-state index contributed by atoms with van der Waals surface area (Å²) in [5.74, 6) is 0.740. The largest absolute Gasteiger partial charge is 0.361 e. The number of nitro groups is 1. The first-order valence-corrected chi connectivity index (χ1v) is 6.25. The van der Waals surface area contributed by atoms with Crippen molar-refractivity contribution >= 4 is 18.1 Å².